The molecule has 5 aromatic carbocycles. The zero-order chi connectivity index (χ0) is 29.8. The summed E-state index contributed by atoms with van der Waals surface area (Å²) in [5, 5.41) is 7.31. The van der Waals surface area contributed by atoms with Gasteiger partial charge in [-0.05, 0) is 58.0 Å². The average molecular weight is 594 g/mol. The van der Waals surface area contributed by atoms with Crippen LogP contribution < -0.4 is 20.9 Å². The lowest BCUT2D eigenvalue weighted by Gasteiger charge is -2.35. The molecule has 5 heteroatoms. The summed E-state index contributed by atoms with van der Waals surface area (Å²) in [4.78, 5) is 10.2. The van der Waals surface area contributed by atoms with Gasteiger partial charge < -0.3 is 8.98 Å². The predicted octanol–water partition coefficient (Wildman–Crippen LogP) is 6.85. The largest absolute Gasteiger partial charge is 0.453 e. The summed E-state index contributed by atoms with van der Waals surface area (Å²) >= 11 is 0. The second-order valence-electron chi connectivity index (χ2n) is 11.4. The average Bonchev–Trinajstić information content (AvgIpc) is 3.66. The van der Waals surface area contributed by atoms with Crippen LogP contribution in [0.15, 0.2) is 168 Å². The lowest BCUT2D eigenvalue weighted by Crippen LogP contribution is -2.76. The van der Waals surface area contributed by atoms with Gasteiger partial charge in [-0.25, -0.2) is 0 Å². The van der Waals surface area contributed by atoms with E-state index in [1.807, 2.05) is 18.3 Å². The van der Waals surface area contributed by atoms with E-state index in [0.29, 0.717) is 0 Å². The van der Waals surface area contributed by atoms with Crippen molar-refractivity contribution in [2.45, 2.75) is 0 Å². The Morgan fingerprint density at radius 1 is 0.489 bits per heavy atom. The second kappa shape index (κ2) is 10.1. The van der Waals surface area contributed by atoms with E-state index in [2.05, 4.69) is 150 Å². The molecule has 0 saturated carbocycles. The third-order valence-electron chi connectivity index (χ3n) is 9.00. The van der Waals surface area contributed by atoms with Gasteiger partial charge in [-0.3, -0.25) is 9.97 Å². The maximum absolute atomic E-state index is 6.20. The fourth-order valence-electron chi connectivity index (χ4n) is 7.13. The van der Waals surface area contributed by atoms with Crippen molar-refractivity contribution in [1.82, 2.24) is 14.5 Å². The number of rotatable bonds is 5. The van der Waals surface area contributed by atoms with Gasteiger partial charge >= 0.3 is 0 Å². The number of hydrogen-bond acceptors (Lipinski definition) is 3. The molecule has 0 aliphatic rings. The number of furan rings is 1. The third kappa shape index (κ3) is 3.78. The molecule has 0 bridgehead atoms. The molecule has 0 saturated heterocycles. The van der Waals surface area contributed by atoms with Crippen LogP contribution in [-0.2, 0) is 0 Å². The van der Waals surface area contributed by atoms with Gasteiger partial charge in [0, 0.05) is 28.0 Å². The first kappa shape index (κ1) is 25.7. The van der Waals surface area contributed by atoms with E-state index in [1.165, 1.54) is 37.4 Å². The topological polar surface area (TPSA) is 43.9 Å². The van der Waals surface area contributed by atoms with Crippen molar-refractivity contribution in [1.29, 1.82) is 0 Å². The van der Waals surface area contributed by atoms with E-state index >= 15 is 0 Å². The Morgan fingerprint density at radius 2 is 1.07 bits per heavy atom. The summed E-state index contributed by atoms with van der Waals surface area (Å²) < 4.78 is 8.65. The van der Waals surface area contributed by atoms with Crippen LogP contribution in [0.2, 0.25) is 0 Å². The van der Waals surface area contributed by atoms with Crippen molar-refractivity contribution in [2.75, 3.05) is 0 Å². The first-order chi connectivity index (χ1) is 22.3. The van der Waals surface area contributed by atoms with Crippen LogP contribution in [0.25, 0.3) is 49.7 Å². The fraction of sp³-hybridized carbons (Fsp3) is 0. The Hall–Kier alpha value is -5.78. The molecule has 0 radical (unpaired) electrons. The monoisotopic (exact) mass is 593 g/mol. The van der Waals surface area contributed by atoms with Crippen LogP contribution >= 0.6 is 0 Å². The normalized spacial score (nSPS) is 12.0. The van der Waals surface area contributed by atoms with Crippen molar-refractivity contribution < 1.29 is 4.42 Å². The van der Waals surface area contributed by atoms with E-state index in [-0.39, 0.29) is 0 Å². The minimum atomic E-state index is -3.05. The molecule has 9 aromatic rings. The van der Waals surface area contributed by atoms with E-state index in [9.17, 15) is 0 Å². The number of hydrogen-bond donors (Lipinski definition) is 0. The highest BCUT2D eigenvalue weighted by atomic mass is 28.3. The molecule has 0 amide bonds. The van der Waals surface area contributed by atoms with Crippen LogP contribution in [0.1, 0.15) is 0 Å². The van der Waals surface area contributed by atoms with E-state index in [1.54, 1.807) is 0 Å². The molecule has 0 aliphatic carbocycles. The number of benzene rings is 5. The highest BCUT2D eigenvalue weighted by Crippen LogP contribution is 2.32. The van der Waals surface area contributed by atoms with Crippen LogP contribution in [0, 0.1) is 0 Å². The summed E-state index contributed by atoms with van der Waals surface area (Å²) in [5.41, 5.74) is 6.59. The van der Waals surface area contributed by atoms with Crippen LogP contribution in [0.5, 0.6) is 0 Å². The highest BCUT2D eigenvalue weighted by Gasteiger charge is 2.45. The Bertz CT molecular complexity index is 2410. The molecule has 0 unspecified atom stereocenters. The smallest absolute Gasteiger partial charge is 0.203 e. The number of aromatic nitrogens is 3. The van der Waals surface area contributed by atoms with Gasteiger partial charge in [-0.1, -0.05) is 115 Å². The standard InChI is InChI=1S/C40H27N3OSi/c1-3-14-28(15-4-1)45(29-16-5-2-6-17-29,38-26-25-36-40(42-38)39-35(44-36)23-13-27-41-39)37-24-12-11-22-34(37)43-32-20-9-7-18-30(32)31-19-8-10-21-33(31)43/h1-27H. The number of para-hydroxylation sites is 3. The first-order valence-corrected chi connectivity index (χ1v) is 17.2. The Labute approximate surface area is 260 Å². The molecule has 45 heavy (non-hydrogen) atoms. The quantitative estimate of drug-likeness (QED) is 0.162. The lowest BCUT2D eigenvalue weighted by atomic mass is 10.2. The van der Waals surface area contributed by atoms with Gasteiger partial charge in [-0.2, -0.15) is 0 Å². The molecule has 0 atom stereocenters. The molecular formula is C40H27N3OSi. The van der Waals surface area contributed by atoms with Gasteiger partial charge in [0.25, 0.3) is 0 Å². The molecule has 4 nitrogen and oxygen atoms in total. The molecule has 0 spiro atoms. The van der Waals surface area contributed by atoms with Crippen LogP contribution in [-0.4, -0.2) is 22.6 Å². The van der Waals surface area contributed by atoms with Gasteiger partial charge in [0.05, 0.1) is 11.0 Å². The SMILES string of the molecule is c1ccc([Si](c2ccccc2)(c2ccc3oc4cccnc4c3n2)c2ccccc2-n2c3ccccc3c3ccccc32)cc1. The van der Waals surface area contributed by atoms with Crippen molar-refractivity contribution >= 4 is 73.0 Å². The molecule has 212 valence electrons. The van der Waals surface area contributed by atoms with E-state index < -0.39 is 8.07 Å². The van der Waals surface area contributed by atoms with E-state index in [0.717, 1.165) is 33.2 Å². The van der Waals surface area contributed by atoms with Crippen molar-refractivity contribution in [3.8, 4) is 5.69 Å². The summed E-state index contributed by atoms with van der Waals surface area (Å²) in [5.74, 6) is 0. The van der Waals surface area contributed by atoms with E-state index in [4.69, 9.17) is 14.4 Å². The number of nitrogens with zero attached hydrogens (tertiary/aromatic N) is 3. The molecule has 4 aromatic heterocycles. The number of fused-ring (bicyclic) bond motifs is 6. The molecular weight excluding hydrogens is 567 g/mol. The van der Waals surface area contributed by atoms with Crippen LogP contribution in [0.4, 0.5) is 0 Å². The highest BCUT2D eigenvalue weighted by molar-refractivity contribution is 7.20. The minimum absolute atomic E-state index is 0.743. The summed E-state index contributed by atoms with van der Waals surface area (Å²) in [6, 6.07) is 56.4. The zero-order valence-corrected chi connectivity index (χ0v) is 25.3. The molecule has 0 fully saturated rings. The second-order valence-corrected chi connectivity index (χ2v) is 15.1. The lowest BCUT2D eigenvalue weighted by molar-refractivity contribution is 0.667. The van der Waals surface area contributed by atoms with Gasteiger partial charge in [-0.15, -0.1) is 0 Å². The maximum Gasteiger partial charge on any atom is 0.203 e. The number of pyridine rings is 2. The minimum Gasteiger partial charge on any atom is -0.453 e. The molecule has 9 rings (SSSR count). The summed E-state index contributed by atoms with van der Waals surface area (Å²) in [6.07, 6.45) is 1.81. The van der Waals surface area contributed by atoms with Crippen molar-refractivity contribution in [3.05, 3.63) is 164 Å². The van der Waals surface area contributed by atoms with Crippen LogP contribution in [0.3, 0.4) is 0 Å². The maximum atomic E-state index is 6.20. The zero-order valence-electron chi connectivity index (χ0n) is 24.3. The Balaban J connectivity index is 1.46. The summed E-state index contributed by atoms with van der Waals surface area (Å²) in [7, 11) is -3.05. The first-order valence-electron chi connectivity index (χ1n) is 15.2. The summed E-state index contributed by atoms with van der Waals surface area (Å²) in [6.45, 7) is 0. The van der Waals surface area contributed by atoms with Crippen molar-refractivity contribution in [2.24, 2.45) is 0 Å². The molecule has 0 N–H and O–H groups in total. The van der Waals surface area contributed by atoms with Crippen molar-refractivity contribution in [3.63, 3.8) is 0 Å². The van der Waals surface area contributed by atoms with Gasteiger partial charge in [0.1, 0.15) is 11.0 Å². The third-order valence-corrected chi connectivity index (χ3v) is 13.7. The molecule has 4 heterocycles. The van der Waals surface area contributed by atoms with Gasteiger partial charge in [0.15, 0.2) is 11.2 Å². The Kier molecular flexibility index (Phi) is 5.79. The van der Waals surface area contributed by atoms with Gasteiger partial charge in [0.2, 0.25) is 8.07 Å². The fourth-order valence-corrected chi connectivity index (χ4v) is 11.9. The predicted molar refractivity (Wildman–Crippen MR) is 187 cm³/mol. The Morgan fingerprint density at radius 3 is 1.76 bits per heavy atom. The molecule has 0 aliphatic heterocycles.